The number of benzene rings is 2. The monoisotopic (exact) mass is 365 g/mol. The van der Waals surface area contributed by atoms with Gasteiger partial charge in [0.1, 0.15) is 11.6 Å². The topological polar surface area (TPSA) is 38.3 Å². The Morgan fingerprint density at radius 2 is 1.91 bits per heavy atom. The summed E-state index contributed by atoms with van der Waals surface area (Å²) in [6.45, 7) is 4.06. The van der Waals surface area contributed by atoms with Gasteiger partial charge in [0.05, 0.1) is 0 Å². The highest BCUT2D eigenvalue weighted by atomic mass is 79.9. The van der Waals surface area contributed by atoms with Gasteiger partial charge < -0.3 is 10.1 Å². The van der Waals surface area contributed by atoms with Crippen LogP contribution in [0.5, 0.6) is 5.75 Å². The molecule has 2 aromatic rings. The summed E-state index contributed by atoms with van der Waals surface area (Å²) >= 11 is 3.22. The molecule has 0 saturated heterocycles. The Labute approximate surface area is 137 Å². The van der Waals surface area contributed by atoms with Crippen molar-refractivity contribution >= 4 is 21.8 Å². The molecule has 0 bridgehead atoms. The predicted octanol–water partition coefficient (Wildman–Crippen LogP) is 3.90. The summed E-state index contributed by atoms with van der Waals surface area (Å²) in [4.78, 5) is 11.8. The van der Waals surface area contributed by atoms with Crippen LogP contribution < -0.4 is 10.1 Å². The van der Waals surface area contributed by atoms with Crippen molar-refractivity contribution < 1.29 is 13.9 Å². The van der Waals surface area contributed by atoms with Crippen LogP contribution in [0, 0.1) is 19.7 Å². The molecule has 1 amide bonds. The van der Waals surface area contributed by atoms with Crippen molar-refractivity contribution in [2.75, 3.05) is 6.61 Å². The summed E-state index contributed by atoms with van der Waals surface area (Å²) in [6.07, 6.45) is 0. The second-order valence-corrected chi connectivity index (χ2v) is 5.98. The van der Waals surface area contributed by atoms with E-state index in [0.29, 0.717) is 10.0 Å². The quantitative estimate of drug-likeness (QED) is 0.872. The standard InChI is InChI=1S/C17H17BrFNO2/c1-11-4-3-5-12(2)17(11)22-10-16(21)20-9-13-6-14(18)8-15(19)7-13/h3-8H,9-10H2,1-2H3,(H,20,21). The number of carbonyl (C=O) groups excluding carboxylic acids is 1. The van der Waals surface area contributed by atoms with Crippen molar-refractivity contribution in [3.8, 4) is 5.75 Å². The number of amides is 1. The first-order valence-electron chi connectivity index (χ1n) is 6.86. The molecule has 22 heavy (non-hydrogen) atoms. The van der Waals surface area contributed by atoms with E-state index in [2.05, 4.69) is 21.2 Å². The first kappa shape index (κ1) is 16.5. The van der Waals surface area contributed by atoms with Gasteiger partial charge in [-0.1, -0.05) is 34.1 Å². The largest absolute Gasteiger partial charge is 0.483 e. The third-order valence-corrected chi connectivity index (χ3v) is 3.63. The fourth-order valence-corrected chi connectivity index (χ4v) is 2.64. The first-order valence-corrected chi connectivity index (χ1v) is 7.65. The Hall–Kier alpha value is -1.88. The number of aryl methyl sites for hydroxylation is 2. The molecule has 0 radical (unpaired) electrons. The third kappa shape index (κ3) is 4.56. The average molecular weight is 366 g/mol. The minimum Gasteiger partial charge on any atom is -0.483 e. The molecular formula is C17H17BrFNO2. The van der Waals surface area contributed by atoms with Crippen LogP contribution >= 0.6 is 15.9 Å². The van der Waals surface area contributed by atoms with Crippen molar-refractivity contribution in [2.24, 2.45) is 0 Å². The predicted molar refractivity (Wildman–Crippen MR) is 87.4 cm³/mol. The molecule has 0 aliphatic carbocycles. The lowest BCUT2D eigenvalue weighted by atomic mass is 10.1. The van der Waals surface area contributed by atoms with Gasteiger partial charge in [-0.3, -0.25) is 4.79 Å². The van der Waals surface area contributed by atoms with E-state index in [4.69, 9.17) is 4.74 Å². The minimum atomic E-state index is -0.342. The molecule has 1 N–H and O–H groups in total. The summed E-state index contributed by atoms with van der Waals surface area (Å²) < 4.78 is 19.5. The molecule has 2 aromatic carbocycles. The highest BCUT2D eigenvalue weighted by Gasteiger charge is 2.07. The van der Waals surface area contributed by atoms with E-state index in [1.165, 1.54) is 12.1 Å². The van der Waals surface area contributed by atoms with Crippen LogP contribution in [0.3, 0.4) is 0 Å². The van der Waals surface area contributed by atoms with Crippen LogP contribution in [0.15, 0.2) is 40.9 Å². The highest BCUT2D eigenvalue weighted by molar-refractivity contribution is 9.10. The van der Waals surface area contributed by atoms with Gasteiger partial charge in [-0.25, -0.2) is 4.39 Å². The van der Waals surface area contributed by atoms with Gasteiger partial charge in [-0.15, -0.1) is 0 Å². The van der Waals surface area contributed by atoms with Crippen molar-refractivity contribution in [2.45, 2.75) is 20.4 Å². The van der Waals surface area contributed by atoms with Crippen molar-refractivity contribution in [3.63, 3.8) is 0 Å². The lowest BCUT2D eigenvalue weighted by molar-refractivity contribution is -0.123. The number of hydrogen-bond acceptors (Lipinski definition) is 2. The molecule has 0 fully saturated rings. The van der Waals surface area contributed by atoms with Crippen LogP contribution in [0.1, 0.15) is 16.7 Å². The van der Waals surface area contributed by atoms with Crippen LogP contribution in [-0.2, 0) is 11.3 Å². The molecule has 0 unspecified atom stereocenters. The van der Waals surface area contributed by atoms with E-state index in [1.807, 2.05) is 32.0 Å². The van der Waals surface area contributed by atoms with Crippen LogP contribution in [0.4, 0.5) is 4.39 Å². The fourth-order valence-electron chi connectivity index (χ4n) is 2.13. The van der Waals surface area contributed by atoms with Crippen LogP contribution in [0.2, 0.25) is 0 Å². The first-order chi connectivity index (χ1) is 10.5. The number of hydrogen-bond donors (Lipinski definition) is 1. The number of carbonyl (C=O) groups is 1. The van der Waals surface area contributed by atoms with E-state index < -0.39 is 0 Å². The maximum absolute atomic E-state index is 13.2. The summed E-state index contributed by atoms with van der Waals surface area (Å²) in [7, 11) is 0. The molecule has 0 aliphatic rings. The normalized spacial score (nSPS) is 10.4. The van der Waals surface area contributed by atoms with E-state index in [0.717, 1.165) is 16.9 Å². The van der Waals surface area contributed by atoms with E-state index in [-0.39, 0.29) is 24.9 Å². The summed E-state index contributed by atoms with van der Waals surface area (Å²) in [5.41, 5.74) is 2.66. The lowest BCUT2D eigenvalue weighted by Gasteiger charge is -2.12. The molecular weight excluding hydrogens is 349 g/mol. The molecule has 5 heteroatoms. The molecule has 0 aliphatic heterocycles. The van der Waals surface area contributed by atoms with Gasteiger partial charge in [0.15, 0.2) is 6.61 Å². The Bertz CT molecular complexity index is 648. The number of nitrogens with one attached hydrogen (secondary N) is 1. The van der Waals surface area contributed by atoms with Gasteiger partial charge in [-0.05, 0) is 48.7 Å². The zero-order chi connectivity index (χ0) is 16.1. The van der Waals surface area contributed by atoms with E-state index in [9.17, 15) is 9.18 Å². The van der Waals surface area contributed by atoms with Gasteiger partial charge in [-0.2, -0.15) is 0 Å². The molecule has 0 saturated carbocycles. The maximum Gasteiger partial charge on any atom is 0.258 e. The zero-order valence-corrected chi connectivity index (χ0v) is 14.0. The smallest absolute Gasteiger partial charge is 0.258 e. The third-order valence-electron chi connectivity index (χ3n) is 3.17. The van der Waals surface area contributed by atoms with Gasteiger partial charge in [0.25, 0.3) is 5.91 Å². The van der Waals surface area contributed by atoms with Gasteiger partial charge >= 0.3 is 0 Å². The Balaban J connectivity index is 1.88. The SMILES string of the molecule is Cc1cccc(C)c1OCC(=O)NCc1cc(F)cc(Br)c1. The zero-order valence-electron chi connectivity index (χ0n) is 12.5. The second kappa shape index (κ2) is 7.40. The van der Waals surface area contributed by atoms with Crippen molar-refractivity contribution in [3.05, 3.63) is 63.4 Å². The van der Waals surface area contributed by atoms with E-state index in [1.54, 1.807) is 6.07 Å². The van der Waals surface area contributed by atoms with Gasteiger partial charge in [0.2, 0.25) is 0 Å². The van der Waals surface area contributed by atoms with Crippen LogP contribution in [-0.4, -0.2) is 12.5 Å². The number of rotatable bonds is 5. The van der Waals surface area contributed by atoms with Gasteiger partial charge in [0, 0.05) is 11.0 Å². The number of halogens is 2. The summed E-state index contributed by atoms with van der Waals surface area (Å²) in [5, 5.41) is 2.71. The lowest BCUT2D eigenvalue weighted by Crippen LogP contribution is -2.28. The fraction of sp³-hybridized carbons (Fsp3) is 0.235. The molecule has 0 spiro atoms. The van der Waals surface area contributed by atoms with Crippen molar-refractivity contribution in [1.29, 1.82) is 0 Å². The van der Waals surface area contributed by atoms with Crippen LogP contribution in [0.25, 0.3) is 0 Å². The summed E-state index contributed by atoms with van der Waals surface area (Å²) in [6, 6.07) is 10.3. The highest BCUT2D eigenvalue weighted by Crippen LogP contribution is 2.22. The molecule has 0 aromatic heterocycles. The molecule has 3 nitrogen and oxygen atoms in total. The Morgan fingerprint density at radius 3 is 2.55 bits per heavy atom. The number of ether oxygens (including phenoxy) is 1. The average Bonchev–Trinajstić information content (AvgIpc) is 2.43. The maximum atomic E-state index is 13.2. The Morgan fingerprint density at radius 1 is 1.23 bits per heavy atom. The van der Waals surface area contributed by atoms with E-state index >= 15 is 0 Å². The molecule has 116 valence electrons. The number of para-hydroxylation sites is 1. The molecule has 2 rings (SSSR count). The Kier molecular flexibility index (Phi) is 5.55. The summed E-state index contributed by atoms with van der Waals surface area (Å²) in [5.74, 6) is 0.139. The van der Waals surface area contributed by atoms with Crippen molar-refractivity contribution in [1.82, 2.24) is 5.32 Å². The molecule has 0 atom stereocenters. The second-order valence-electron chi connectivity index (χ2n) is 5.06. The minimum absolute atomic E-state index is 0.0673. The molecule has 0 heterocycles.